The first-order valence-corrected chi connectivity index (χ1v) is 8.83. The molecule has 3 aromatic rings. The Hall–Kier alpha value is -2.53. The van der Waals surface area contributed by atoms with Crippen LogP contribution in [0.1, 0.15) is 18.9 Å². The average molecular weight is 370 g/mol. The van der Waals surface area contributed by atoms with Crippen LogP contribution < -0.4 is 5.32 Å². The lowest BCUT2D eigenvalue weighted by atomic mass is 9.99. The molecule has 1 saturated carbocycles. The van der Waals surface area contributed by atoms with Gasteiger partial charge in [0.05, 0.1) is 5.02 Å². The van der Waals surface area contributed by atoms with Gasteiger partial charge in [-0.3, -0.25) is 9.78 Å². The molecule has 4 rings (SSSR count). The Labute approximate surface area is 155 Å². The number of halogens is 2. The third-order valence-electron chi connectivity index (χ3n) is 4.93. The smallest absolute Gasteiger partial charge is 0.228 e. The number of nitrogens with one attached hydrogen (secondary N) is 1. The molecule has 2 aromatic heterocycles. The monoisotopic (exact) mass is 369 g/mol. The minimum absolute atomic E-state index is 0.0157. The van der Waals surface area contributed by atoms with E-state index < -0.39 is 5.82 Å². The summed E-state index contributed by atoms with van der Waals surface area (Å²) in [5.74, 6) is 0.386. The van der Waals surface area contributed by atoms with Crippen molar-refractivity contribution in [1.29, 1.82) is 0 Å². The number of aryl methyl sites for hydroxylation is 1. The first-order valence-electron chi connectivity index (χ1n) is 8.45. The van der Waals surface area contributed by atoms with Gasteiger partial charge >= 0.3 is 0 Å². The van der Waals surface area contributed by atoms with Gasteiger partial charge in [-0.25, -0.2) is 9.37 Å². The Morgan fingerprint density at radius 2 is 2.08 bits per heavy atom. The molecule has 1 unspecified atom stereocenters. The third kappa shape index (κ3) is 2.92. The van der Waals surface area contributed by atoms with Crippen LogP contribution in [0.4, 0.5) is 10.2 Å². The van der Waals surface area contributed by atoms with E-state index in [1.54, 1.807) is 24.5 Å². The van der Waals surface area contributed by atoms with Gasteiger partial charge in [-0.05, 0) is 48.4 Å². The molecule has 1 fully saturated rings. The molecule has 1 N–H and O–H groups in total. The lowest BCUT2D eigenvalue weighted by Gasteiger charge is -2.12. The number of carbonyl (C=O) groups excluding carboxylic acids is 1. The average Bonchev–Trinajstić information content (AvgIpc) is 3.36. The third-order valence-corrected chi connectivity index (χ3v) is 5.30. The second-order valence-corrected chi connectivity index (χ2v) is 7.22. The molecular weight excluding hydrogens is 353 g/mol. The van der Waals surface area contributed by atoms with E-state index in [-0.39, 0.29) is 16.8 Å². The SMILES string of the molecule is Cc1ccncc1-c1cc2cc(NC(=O)[C@@H]3CC3C)ncc2c(Cl)c1F. The summed E-state index contributed by atoms with van der Waals surface area (Å²) in [7, 11) is 0. The van der Waals surface area contributed by atoms with Crippen LogP contribution in [-0.2, 0) is 4.79 Å². The van der Waals surface area contributed by atoms with E-state index in [2.05, 4.69) is 15.3 Å². The molecule has 2 atom stereocenters. The summed E-state index contributed by atoms with van der Waals surface area (Å²) in [5.41, 5.74) is 1.97. The molecular formula is C20H17ClFN3O. The molecule has 1 aromatic carbocycles. The summed E-state index contributed by atoms with van der Waals surface area (Å²) in [6.45, 7) is 3.94. The molecule has 1 amide bonds. The molecule has 6 heteroatoms. The summed E-state index contributed by atoms with van der Waals surface area (Å²) >= 11 is 6.25. The van der Waals surface area contributed by atoms with Crippen molar-refractivity contribution in [2.75, 3.05) is 5.32 Å². The van der Waals surface area contributed by atoms with E-state index >= 15 is 0 Å². The van der Waals surface area contributed by atoms with Crippen molar-refractivity contribution in [2.24, 2.45) is 11.8 Å². The number of carbonyl (C=O) groups is 1. The van der Waals surface area contributed by atoms with Crippen LogP contribution in [0.15, 0.2) is 36.8 Å². The second-order valence-electron chi connectivity index (χ2n) is 6.84. The number of benzene rings is 1. The maximum atomic E-state index is 14.8. The molecule has 0 bridgehead atoms. The number of fused-ring (bicyclic) bond motifs is 1. The van der Waals surface area contributed by atoms with E-state index in [1.807, 2.05) is 19.9 Å². The Morgan fingerprint density at radius 1 is 1.31 bits per heavy atom. The van der Waals surface area contributed by atoms with Gasteiger partial charge in [0, 0.05) is 41.0 Å². The zero-order valence-corrected chi connectivity index (χ0v) is 15.1. The number of pyridine rings is 2. The summed E-state index contributed by atoms with van der Waals surface area (Å²) in [4.78, 5) is 20.4. The highest BCUT2D eigenvalue weighted by Gasteiger charge is 2.39. The summed E-state index contributed by atoms with van der Waals surface area (Å²) < 4.78 is 14.8. The lowest BCUT2D eigenvalue weighted by molar-refractivity contribution is -0.117. The number of amides is 1. The van der Waals surface area contributed by atoms with Crippen molar-refractivity contribution in [1.82, 2.24) is 9.97 Å². The van der Waals surface area contributed by atoms with Crippen molar-refractivity contribution in [2.45, 2.75) is 20.3 Å². The number of hydrogen-bond donors (Lipinski definition) is 1. The van der Waals surface area contributed by atoms with Gasteiger partial charge < -0.3 is 5.32 Å². The zero-order valence-electron chi connectivity index (χ0n) is 14.4. The molecule has 132 valence electrons. The van der Waals surface area contributed by atoms with Crippen LogP contribution in [0, 0.1) is 24.6 Å². The summed E-state index contributed by atoms with van der Waals surface area (Å²) in [6, 6.07) is 5.26. The fourth-order valence-electron chi connectivity index (χ4n) is 3.15. The van der Waals surface area contributed by atoms with Gasteiger partial charge in [0.1, 0.15) is 11.6 Å². The Morgan fingerprint density at radius 3 is 2.77 bits per heavy atom. The van der Waals surface area contributed by atoms with Gasteiger partial charge in [-0.2, -0.15) is 0 Å². The highest BCUT2D eigenvalue weighted by Crippen LogP contribution is 2.39. The number of aromatic nitrogens is 2. The van der Waals surface area contributed by atoms with E-state index in [9.17, 15) is 9.18 Å². The van der Waals surface area contributed by atoms with Crippen molar-refractivity contribution < 1.29 is 9.18 Å². The van der Waals surface area contributed by atoms with Crippen molar-refractivity contribution in [3.8, 4) is 11.1 Å². The molecule has 2 heterocycles. The molecule has 0 radical (unpaired) electrons. The first-order chi connectivity index (χ1) is 12.5. The molecule has 1 aliphatic rings. The Balaban J connectivity index is 1.78. The minimum Gasteiger partial charge on any atom is -0.310 e. The molecule has 0 saturated heterocycles. The standard InChI is InChI=1S/C20H17ClFN3O/c1-10-3-4-23-8-15(10)14-6-12-7-17(25-20(26)13-5-11(13)2)24-9-16(12)18(21)19(14)22/h3-4,6-9,11,13H,5H2,1-2H3,(H,24,25,26)/t11?,13-/m1/s1. The van der Waals surface area contributed by atoms with Gasteiger partial charge in [0.25, 0.3) is 0 Å². The van der Waals surface area contributed by atoms with E-state index in [4.69, 9.17) is 11.6 Å². The normalized spacial score (nSPS) is 18.8. The predicted molar refractivity (Wildman–Crippen MR) is 101 cm³/mol. The number of rotatable bonds is 3. The van der Waals surface area contributed by atoms with Crippen molar-refractivity contribution >= 4 is 34.1 Å². The van der Waals surface area contributed by atoms with Crippen LogP contribution in [0.2, 0.25) is 5.02 Å². The second kappa shape index (κ2) is 6.32. The van der Waals surface area contributed by atoms with E-state index in [0.29, 0.717) is 33.6 Å². The van der Waals surface area contributed by atoms with Crippen molar-refractivity contribution in [3.05, 3.63) is 53.2 Å². The number of anilines is 1. The van der Waals surface area contributed by atoms with Crippen molar-refractivity contribution in [3.63, 3.8) is 0 Å². The van der Waals surface area contributed by atoms with Gasteiger partial charge in [0.2, 0.25) is 5.91 Å². The molecule has 1 aliphatic carbocycles. The van der Waals surface area contributed by atoms with Gasteiger partial charge in [0.15, 0.2) is 0 Å². The largest absolute Gasteiger partial charge is 0.310 e. The van der Waals surface area contributed by atoms with E-state index in [1.165, 1.54) is 6.20 Å². The van der Waals surface area contributed by atoms with Gasteiger partial charge in [-0.1, -0.05) is 18.5 Å². The topological polar surface area (TPSA) is 54.9 Å². The fourth-order valence-corrected chi connectivity index (χ4v) is 3.41. The highest BCUT2D eigenvalue weighted by atomic mass is 35.5. The van der Waals surface area contributed by atoms with Crippen LogP contribution in [0.3, 0.4) is 0 Å². The fraction of sp³-hybridized carbons (Fsp3) is 0.250. The zero-order chi connectivity index (χ0) is 18.4. The quantitative estimate of drug-likeness (QED) is 0.707. The van der Waals surface area contributed by atoms with Crippen LogP contribution >= 0.6 is 11.6 Å². The Kier molecular flexibility index (Phi) is 4.11. The minimum atomic E-state index is -0.499. The maximum Gasteiger partial charge on any atom is 0.228 e. The summed E-state index contributed by atoms with van der Waals surface area (Å²) in [5, 5.41) is 4.07. The molecule has 0 aliphatic heterocycles. The summed E-state index contributed by atoms with van der Waals surface area (Å²) in [6.07, 6.45) is 5.68. The lowest BCUT2D eigenvalue weighted by Crippen LogP contribution is -2.15. The van der Waals surface area contributed by atoms with Crippen LogP contribution in [-0.4, -0.2) is 15.9 Å². The van der Waals surface area contributed by atoms with Crippen LogP contribution in [0.5, 0.6) is 0 Å². The Bertz CT molecular complexity index is 1040. The van der Waals surface area contributed by atoms with Crippen LogP contribution in [0.25, 0.3) is 21.9 Å². The number of hydrogen-bond acceptors (Lipinski definition) is 3. The predicted octanol–water partition coefficient (Wildman–Crippen LogP) is 4.99. The maximum absolute atomic E-state index is 14.8. The van der Waals surface area contributed by atoms with E-state index in [0.717, 1.165) is 12.0 Å². The highest BCUT2D eigenvalue weighted by molar-refractivity contribution is 6.36. The first kappa shape index (κ1) is 16.9. The molecule has 26 heavy (non-hydrogen) atoms. The van der Waals surface area contributed by atoms with Gasteiger partial charge in [-0.15, -0.1) is 0 Å². The molecule has 4 nitrogen and oxygen atoms in total. The number of nitrogens with zero attached hydrogens (tertiary/aromatic N) is 2. The molecule has 0 spiro atoms.